The monoisotopic (exact) mass is 360 g/mol. The minimum absolute atomic E-state index is 0.123. The highest BCUT2D eigenvalue weighted by atomic mass is 16.5. The first-order valence-electron chi connectivity index (χ1n) is 10.9. The Balaban J connectivity index is 1.54. The van der Waals surface area contributed by atoms with Crippen LogP contribution in [0.15, 0.2) is 0 Å². The van der Waals surface area contributed by atoms with Crippen molar-refractivity contribution < 1.29 is 14.3 Å². The Morgan fingerprint density at radius 2 is 1.54 bits per heavy atom. The van der Waals surface area contributed by atoms with E-state index in [0.29, 0.717) is 23.0 Å². The van der Waals surface area contributed by atoms with Gasteiger partial charge < -0.3 is 4.74 Å². The summed E-state index contributed by atoms with van der Waals surface area (Å²) in [6, 6.07) is 0. The van der Waals surface area contributed by atoms with Crippen molar-refractivity contribution in [2.75, 3.05) is 0 Å². The number of ketones is 1. The van der Waals surface area contributed by atoms with Crippen molar-refractivity contribution in [3.63, 3.8) is 0 Å². The molecule has 0 heterocycles. The van der Waals surface area contributed by atoms with Gasteiger partial charge in [0.05, 0.1) is 0 Å². The van der Waals surface area contributed by atoms with E-state index in [1.807, 2.05) is 6.92 Å². The Bertz CT molecular complexity index is 598. The Kier molecular flexibility index (Phi) is 4.51. The van der Waals surface area contributed by atoms with Gasteiger partial charge in [0, 0.05) is 12.8 Å². The number of rotatable bonds is 2. The Morgan fingerprint density at radius 3 is 2.23 bits per heavy atom. The van der Waals surface area contributed by atoms with Crippen molar-refractivity contribution in [2.45, 2.75) is 91.6 Å². The molecule has 0 aromatic rings. The first-order valence-corrected chi connectivity index (χ1v) is 10.9. The lowest BCUT2D eigenvalue weighted by molar-refractivity contribution is -0.161. The van der Waals surface area contributed by atoms with E-state index in [1.165, 1.54) is 45.4 Å². The molecule has 26 heavy (non-hydrogen) atoms. The molecule has 0 bridgehead atoms. The van der Waals surface area contributed by atoms with Crippen molar-refractivity contribution in [3.8, 4) is 0 Å². The van der Waals surface area contributed by atoms with Gasteiger partial charge in [-0.2, -0.15) is 0 Å². The number of hydrogen-bond donors (Lipinski definition) is 0. The lowest BCUT2D eigenvalue weighted by Crippen LogP contribution is -2.54. The number of ether oxygens (including phenoxy) is 1. The summed E-state index contributed by atoms with van der Waals surface area (Å²) in [7, 11) is 0. The molecule has 0 spiro atoms. The standard InChI is InChI=1S/C23H36O3/c1-14(24)19-7-8-20-18-6-5-16-13-17(26-15(2)25)9-11-22(16,3)21(18)10-12-23(19,20)4/h16-21H,5-13H2,1-4H3/t16-,17-,18?,19+,20?,21?,22-,23+/m0/s1. The highest BCUT2D eigenvalue weighted by Crippen LogP contribution is 2.67. The summed E-state index contributed by atoms with van der Waals surface area (Å²) < 4.78 is 5.57. The fourth-order valence-corrected chi connectivity index (χ4v) is 8.23. The summed E-state index contributed by atoms with van der Waals surface area (Å²) in [5.41, 5.74) is 0.667. The molecule has 146 valence electrons. The van der Waals surface area contributed by atoms with Crippen LogP contribution < -0.4 is 0 Å². The van der Waals surface area contributed by atoms with Gasteiger partial charge in [-0.1, -0.05) is 13.8 Å². The van der Waals surface area contributed by atoms with Gasteiger partial charge in [0.1, 0.15) is 11.9 Å². The van der Waals surface area contributed by atoms with Crippen LogP contribution in [-0.2, 0) is 14.3 Å². The van der Waals surface area contributed by atoms with Gasteiger partial charge >= 0.3 is 5.97 Å². The molecule has 0 saturated heterocycles. The number of carbonyl (C=O) groups is 2. The van der Waals surface area contributed by atoms with Crippen molar-refractivity contribution in [2.24, 2.45) is 40.4 Å². The normalized spacial score (nSPS) is 50.3. The van der Waals surface area contributed by atoms with Gasteiger partial charge in [-0.05, 0) is 99.2 Å². The maximum atomic E-state index is 12.2. The minimum atomic E-state index is -0.123. The van der Waals surface area contributed by atoms with Crippen LogP contribution in [0.5, 0.6) is 0 Å². The molecule has 0 N–H and O–H groups in total. The van der Waals surface area contributed by atoms with Crippen molar-refractivity contribution >= 4 is 11.8 Å². The average Bonchev–Trinajstić information content (AvgIpc) is 2.92. The molecular weight excluding hydrogens is 324 g/mol. The maximum absolute atomic E-state index is 12.2. The number of carbonyl (C=O) groups excluding carboxylic acids is 2. The Morgan fingerprint density at radius 1 is 0.846 bits per heavy atom. The van der Waals surface area contributed by atoms with Crippen molar-refractivity contribution in [1.82, 2.24) is 0 Å². The Labute approximate surface area is 158 Å². The second-order valence-electron chi connectivity index (χ2n) is 10.4. The molecule has 0 aliphatic heterocycles. The van der Waals surface area contributed by atoms with E-state index in [4.69, 9.17) is 4.74 Å². The van der Waals surface area contributed by atoms with E-state index in [9.17, 15) is 9.59 Å². The summed E-state index contributed by atoms with van der Waals surface area (Å²) >= 11 is 0. The molecule has 0 radical (unpaired) electrons. The van der Waals surface area contributed by atoms with Gasteiger partial charge in [-0.25, -0.2) is 0 Å². The molecule has 0 aromatic heterocycles. The molecule has 8 atom stereocenters. The molecule has 0 aromatic carbocycles. The minimum Gasteiger partial charge on any atom is -0.463 e. The summed E-state index contributed by atoms with van der Waals surface area (Å²) in [6.07, 6.45) is 11.0. The number of fused-ring (bicyclic) bond motifs is 5. The number of esters is 1. The molecule has 3 unspecified atom stereocenters. The van der Waals surface area contributed by atoms with Crippen LogP contribution in [0.2, 0.25) is 0 Å². The lowest BCUT2D eigenvalue weighted by Gasteiger charge is -2.61. The maximum Gasteiger partial charge on any atom is 0.302 e. The third kappa shape index (κ3) is 2.67. The Hall–Kier alpha value is -0.860. The molecule has 4 aliphatic carbocycles. The van der Waals surface area contributed by atoms with Crippen LogP contribution in [-0.4, -0.2) is 17.9 Å². The number of Topliss-reactive ketones (excluding diaryl/α,β-unsaturated/α-hetero) is 1. The predicted molar refractivity (Wildman–Crippen MR) is 101 cm³/mol. The van der Waals surface area contributed by atoms with Crippen LogP contribution in [0.3, 0.4) is 0 Å². The SMILES string of the molecule is CC(=O)O[C@H]1CC[C@]2(C)C3CC[C@@]4(C)C(CC[C@@H]4C(C)=O)C3CC[C@H]2C1. The second kappa shape index (κ2) is 6.34. The summed E-state index contributed by atoms with van der Waals surface area (Å²) in [4.78, 5) is 23.6. The van der Waals surface area contributed by atoms with E-state index < -0.39 is 0 Å². The quantitative estimate of drug-likeness (QED) is 0.638. The molecule has 0 amide bonds. The summed E-state index contributed by atoms with van der Waals surface area (Å²) in [5.74, 6) is 3.68. The van der Waals surface area contributed by atoms with Gasteiger partial charge in [0.25, 0.3) is 0 Å². The molecule has 3 nitrogen and oxygen atoms in total. The molecule has 4 rings (SSSR count). The van der Waals surface area contributed by atoms with Crippen LogP contribution in [0.1, 0.15) is 85.5 Å². The highest BCUT2D eigenvalue weighted by Gasteiger charge is 2.60. The molecule has 4 fully saturated rings. The van der Waals surface area contributed by atoms with E-state index in [-0.39, 0.29) is 17.5 Å². The van der Waals surface area contributed by atoms with E-state index in [0.717, 1.165) is 37.0 Å². The fourth-order valence-electron chi connectivity index (χ4n) is 8.23. The van der Waals surface area contributed by atoms with E-state index in [1.54, 1.807) is 0 Å². The van der Waals surface area contributed by atoms with Gasteiger partial charge in [0.15, 0.2) is 0 Å². The van der Waals surface area contributed by atoms with Crippen LogP contribution in [0.25, 0.3) is 0 Å². The van der Waals surface area contributed by atoms with Crippen molar-refractivity contribution in [3.05, 3.63) is 0 Å². The largest absolute Gasteiger partial charge is 0.463 e. The van der Waals surface area contributed by atoms with Crippen LogP contribution >= 0.6 is 0 Å². The topological polar surface area (TPSA) is 43.4 Å². The number of hydrogen-bond acceptors (Lipinski definition) is 3. The molecular formula is C23H36O3. The molecule has 3 heteroatoms. The zero-order valence-electron chi connectivity index (χ0n) is 17.1. The van der Waals surface area contributed by atoms with Gasteiger partial charge in [0.2, 0.25) is 0 Å². The van der Waals surface area contributed by atoms with Crippen LogP contribution in [0, 0.1) is 40.4 Å². The summed E-state index contributed by atoms with van der Waals surface area (Å²) in [5, 5.41) is 0. The third-order valence-electron chi connectivity index (χ3n) is 9.44. The smallest absolute Gasteiger partial charge is 0.302 e. The first-order chi connectivity index (χ1) is 12.3. The highest BCUT2D eigenvalue weighted by molar-refractivity contribution is 5.79. The second-order valence-corrected chi connectivity index (χ2v) is 10.4. The van der Waals surface area contributed by atoms with Gasteiger partial charge in [-0.15, -0.1) is 0 Å². The zero-order chi connectivity index (χ0) is 18.7. The lowest BCUT2D eigenvalue weighted by atomic mass is 9.44. The van der Waals surface area contributed by atoms with Crippen LogP contribution in [0.4, 0.5) is 0 Å². The summed E-state index contributed by atoms with van der Waals surface area (Å²) in [6.45, 7) is 8.33. The van der Waals surface area contributed by atoms with Crippen molar-refractivity contribution in [1.29, 1.82) is 0 Å². The molecule has 4 saturated carbocycles. The fraction of sp³-hybridized carbons (Fsp3) is 0.913. The van der Waals surface area contributed by atoms with E-state index >= 15 is 0 Å². The zero-order valence-corrected chi connectivity index (χ0v) is 17.1. The third-order valence-corrected chi connectivity index (χ3v) is 9.44. The van der Waals surface area contributed by atoms with E-state index in [2.05, 4.69) is 13.8 Å². The predicted octanol–water partition coefficient (Wildman–Crippen LogP) is 5.17. The molecule has 4 aliphatic rings. The first kappa shape index (κ1) is 18.5. The average molecular weight is 361 g/mol. The van der Waals surface area contributed by atoms with Gasteiger partial charge in [-0.3, -0.25) is 9.59 Å².